The Balaban J connectivity index is 2.01. The highest BCUT2D eigenvalue weighted by Gasteiger charge is 2.14. The van der Waals surface area contributed by atoms with E-state index in [-0.39, 0.29) is 0 Å². The molecule has 0 spiro atoms. The van der Waals surface area contributed by atoms with E-state index in [0.29, 0.717) is 0 Å². The van der Waals surface area contributed by atoms with Crippen LogP contribution in [0.15, 0.2) is 24.3 Å². The molecule has 0 amide bonds. The standard InChI is InChI=1S/C16H24/c1-2-8-15-11-6-7-12-16(15)13-14-9-4-3-5-10-14/h6-7,11-12,14H,2-5,8-10,13H2,1H3. The minimum absolute atomic E-state index is 0.965. The summed E-state index contributed by atoms with van der Waals surface area (Å²) in [6.07, 6.45) is 11.1. The Hall–Kier alpha value is -0.780. The van der Waals surface area contributed by atoms with Crippen LogP contribution in [-0.4, -0.2) is 0 Å². The molecule has 0 aromatic heterocycles. The zero-order valence-electron chi connectivity index (χ0n) is 10.5. The van der Waals surface area contributed by atoms with Crippen LogP contribution in [0.1, 0.15) is 56.6 Å². The first kappa shape index (κ1) is 11.7. The van der Waals surface area contributed by atoms with Crippen molar-refractivity contribution < 1.29 is 0 Å². The van der Waals surface area contributed by atoms with Crippen molar-refractivity contribution in [2.45, 2.75) is 58.3 Å². The Labute approximate surface area is 100 Å². The summed E-state index contributed by atoms with van der Waals surface area (Å²) >= 11 is 0. The molecule has 0 unspecified atom stereocenters. The van der Waals surface area contributed by atoms with Gasteiger partial charge in [0.15, 0.2) is 0 Å². The third kappa shape index (κ3) is 3.10. The van der Waals surface area contributed by atoms with E-state index in [1.165, 1.54) is 51.4 Å². The second-order valence-corrected chi connectivity index (χ2v) is 5.23. The van der Waals surface area contributed by atoms with Gasteiger partial charge >= 0.3 is 0 Å². The van der Waals surface area contributed by atoms with Crippen LogP contribution in [0.4, 0.5) is 0 Å². The molecule has 1 fully saturated rings. The number of hydrogen-bond acceptors (Lipinski definition) is 0. The highest BCUT2D eigenvalue weighted by atomic mass is 14.2. The fourth-order valence-electron chi connectivity index (χ4n) is 2.97. The molecule has 0 radical (unpaired) electrons. The highest BCUT2D eigenvalue weighted by Crippen LogP contribution is 2.28. The molecule has 0 N–H and O–H groups in total. The van der Waals surface area contributed by atoms with Gasteiger partial charge in [0, 0.05) is 0 Å². The quantitative estimate of drug-likeness (QED) is 0.680. The smallest absolute Gasteiger partial charge is 0.0248 e. The van der Waals surface area contributed by atoms with Gasteiger partial charge in [0.1, 0.15) is 0 Å². The average Bonchev–Trinajstić information content (AvgIpc) is 2.33. The van der Waals surface area contributed by atoms with Crippen LogP contribution in [0.5, 0.6) is 0 Å². The van der Waals surface area contributed by atoms with Crippen molar-refractivity contribution >= 4 is 0 Å². The highest BCUT2D eigenvalue weighted by molar-refractivity contribution is 5.27. The van der Waals surface area contributed by atoms with Crippen molar-refractivity contribution in [3.63, 3.8) is 0 Å². The van der Waals surface area contributed by atoms with Crippen LogP contribution in [0.2, 0.25) is 0 Å². The SMILES string of the molecule is CCCc1ccccc1CC1CCCCC1. The zero-order valence-corrected chi connectivity index (χ0v) is 10.5. The van der Waals surface area contributed by atoms with Crippen LogP contribution in [0, 0.1) is 5.92 Å². The first-order valence-corrected chi connectivity index (χ1v) is 6.97. The number of rotatable bonds is 4. The summed E-state index contributed by atoms with van der Waals surface area (Å²) in [5.74, 6) is 0.965. The van der Waals surface area contributed by atoms with E-state index in [9.17, 15) is 0 Å². The molecule has 0 heteroatoms. The van der Waals surface area contributed by atoms with E-state index >= 15 is 0 Å². The minimum atomic E-state index is 0.965. The molecule has 1 aliphatic rings. The molecule has 2 rings (SSSR count). The maximum atomic E-state index is 2.35. The molecule has 16 heavy (non-hydrogen) atoms. The lowest BCUT2D eigenvalue weighted by Gasteiger charge is -2.22. The molecule has 0 saturated heterocycles. The van der Waals surface area contributed by atoms with E-state index < -0.39 is 0 Å². The van der Waals surface area contributed by atoms with Gasteiger partial charge in [-0.25, -0.2) is 0 Å². The van der Waals surface area contributed by atoms with Gasteiger partial charge in [-0.3, -0.25) is 0 Å². The summed E-state index contributed by atoms with van der Waals surface area (Å²) in [4.78, 5) is 0. The fourth-order valence-corrected chi connectivity index (χ4v) is 2.97. The van der Waals surface area contributed by atoms with E-state index in [1.807, 2.05) is 0 Å². The molecule has 1 aromatic carbocycles. The van der Waals surface area contributed by atoms with Crippen molar-refractivity contribution in [2.24, 2.45) is 5.92 Å². The van der Waals surface area contributed by atoms with E-state index in [4.69, 9.17) is 0 Å². The molecular weight excluding hydrogens is 192 g/mol. The Morgan fingerprint density at radius 1 is 1.00 bits per heavy atom. The van der Waals surface area contributed by atoms with Crippen molar-refractivity contribution in [2.75, 3.05) is 0 Å². The van der Waals surface area contributed by atoms with Crippen molar-refractivity contribution in [3.8, 4) is 0 Å². The number of aryl methyl sites for hydroxylation is 1. The zero-order chi connectivity index (χ0) is 11.2. The fraction of sp³-hybridized carbons (Fsp3) is 0.625. The van der Waals surface area contributed by atoms with Crippen LogP contribution in [0.3, 0.4) is 0 Å². The van der Waals surface area contributed by atoms with Gasteiger partial charge in [0.25, 0.3) is 0 Å². The molecule has 0 heterocycles. The molecule has 0 aliphatic heterocycles. The van der Waals surface area contributed by atoms with Gasteiger partial charge in [0.2, 0.25) is 0 Å². The summed E-state index contributed by atoms with van der Waals surface area (Å²) in [6.45, 7) is 2.28. The third-order valence-corrected chi connectivity index (χ3v) is 3.87. The molecule has 1 aliphatic carbocycles. The molecule has 1 saturated carbocycles. The summed E-state index contributed by atoms with van der Waals surface area (Å²) in [5.41, 5.74) is 3.21. The molecule has 0 atom stereocenters. The Morgan fingerprint density at radius 3 is 2.38 bits per heavy atom. The van der Waals surface area contributed by atoms with Crippen molar-refractivity contribution in [1.29, 1.82) is 0 Å². The van der Waals surface area contributed by atoms with E-state index in [0.717, 1.165) is 5.92 Å². The monoisotopic (exact) mass is 216 g/mol. The van der Waals surface area contributed by atoms with Gasteiger partial charge in [-0.05, 0) is 29.9 Å². The van der Waals surface area contributed by atoms with Gasteiger partial charge in [0.05, 0.1) is 0 Å². The van der Waals surface area contributed by atoms with Gasteiger partial charge in [-0.2, -0.15) is 0 Å². The lowest BCUT2D eigenvalue weighted by atomic mass is 9.83. The molecule has 0 nitrogen and oxygen atoms in total. The van der Waals surface area contributed by atoms with Crippen molar-refractivity contribution in [1.82, 2.24) is 0 Å². The van der Waals surface area contributed by atoms with E-state index in [1.54, 1.807) is 11.1 Å². The lowest BCUT2D eigenvalue weighted by Crippen LogP contribution is -2.10. The van der Waals surface area contributed by atoms with Crippen molar-refractivity contribution in [3.05, 3.63) is 35.4 Å². The maximum absolute atomic E-state index is 2.35. The van der Waals surface area contributed by atoms with Crippen LogP contribution < -0.4 is 0 Å². The predicted octanol–water partition coefficient (Wildman–Crippen LogP) is 4.76. The molecule has 1 aromatic rings. The predicted molar refractivity (Wildman–Crippen MR) is 70.7 cm³/mol. The molecule has 0 bridgehead atoms. The van der Waals surface area contributed by atoms with Gasteiger partial charge in [-0.15, -0.1) is 0 Å². The summed E-state index contributed by atoms with van der Waals surface area (Å²) < 4.78 is 0. The summed E-state index contributed by atoms with van der Waals surface area (Å²) in [6, 6.07) is 9.06. The normalized spacial score (nSPS) is 17.6. The number of hydrogen-bond donors (Lipinski definition) is 0. The topological polar surface area (TPSA) is 0 Å². The van der Waals surface area contributed by atoms with Crippen LogP contribution >= 0.6 is 0 Å². The second-order valence-electron chi connectivity index (χ2n) is 5.23. The lowest BCUT2D eigenvalue weighted by molar-refractivity contribution is 0.356. The largest absolute Gasteiger partial charge is 0.0651 e. The number of benzene rings is 1. The first-order chi connectivity index (χ1) is 7.90. The second kappa shape index (κ2) is 6.08. The average molecular weight is 216 g/mol. The summed E-state index contributed by atoms with van der Waals surface area (Å²) in [5, 5.41) is 0. The first-order valence-electron chi connectivity index (χ1n) is 6.97. The minimum Gasteiger partial charge on any atom is -0.0651 e. The Morgan fingerprint density at radius 2 is 1.69 bits per heavy atom. The van der Waals surface area contributed by atoms with Gasteiger partial charge < -0.3 is 0 Å². The molecular formula is C16H24. The Bertz CT molecular complexity index is 308. The third-order valence-electron chi connectivity index (χ3n) is 3.87. The van der Waals surface area contributed by atoms with Crippen LogP contribution in [0.25, 0.3) is 0 Å². The van der Waals surface area contributed by atoms with Gasteiger partial charge in [-0.1, -0.05) is 69.7 Å². The summed E-state index contributed by atoms with van der Waals surface area (Å²) in [7, 11) is 0. The van der Waals surface area contributed by atoms with Crippen LogP contribution in [-0.2, 0) is 12.8 Å². The molecule has 88 valence electrons. The maximum Gasteiger partial charge on any atom is -0.0248 e. The van der Waals surface area contributed by atoms with E-state index in [2.05, 4.69) is 31.2 Å². The Kier molecular flexibility index (Phi) is 4.44.